The zero-order chi connectivity index (χ0) is 35.1. The molecule has 7 rings (SSSR count). The average molecular weight is 697 g/mol. The predicted octanol–water partition coefficient (Wildman–Crippen LogP) is -0.397. The summed E-state index contributed by atoms with van der Waals surface area (Å²) in [7, 11) is 0. The van der Waals surface area contributed by atoms with E-state index >= 15 is 0 Å². The molecule has 7 N–H and O–H groups in total. The van der Waals surface area contributed by atoms with E-state index in [-0.39, 0.29) is 43.2 Å². The third kappa shape index (κ3) is 5.47. The molecule has 14 heteroatoms. The van der Waals surface area contributed by atoms with Gasteiger partial charge in [-0.25, -0.2) is 4.79 Å². The van der Waals surface area contributed by atoms with Gasteiger partial charge in [-0.2, -0.15) is 0 Å². The van der Waals surface area contributed by atoms with Gasteiger partial charge in [0.1, 0.15) is 43.4 Å². The minimum absolute atomic E-state index is 0.00470. The van der Waals surface area contributed by atoms with Crippen molar-refractivity contribution < 1.29 is 69.0 Å². The fourth-order valence-electron chi connectivity index (χ4n) is 11.3. The number of carbonyl (C=O) groups is 2. The van der Waals surface area contributed by atoms with Crippen LogP contribution in [0.2, 0.25) is 0 Å². The lowest BCUT2D eigenvalue weighted by molar-refractivity contribution is -0.345. The molecular formula is C35H52O14. The van der Waals surface area contributed by atoms with E-state index in [9.17, 15) is 45.3 Å². The summed E-state index contributed by atoms with van der Waals surface area (Å²) >= 11 is 0. The summed E-state index contributed by atoms with van der Waals surface area (Å²) in [4.78, 5) is 25.0. The third-order valence-corrected chi connectivity index (χ3v) is 14.0. The molecule has 0 aromatic heterocycles. The van der Waals surface area contributed by atoms with Gasteiger partial charge in [-0.3, -0.25) is 0 Å². The number of cyclic esters (lactones) is 1. The number of aliphatic hydroxyl groups is 7. The molecule has 0 amide bonds. The number of hydrogen-bond donors (Lipinski definition) is 7. The standard InChI is InChI=1S/C35H52O14/c1-17-30(49-31-29(42)28(41)27(40)24(14-36)48-31)23(38)12-26(46-17)47-19-3-8-33(16-37)21-4-7-32(2)20(18-11-25(39)45-15-18)6-10-35(32,44)22(21)5-9-34(33,43)13-19/h11,16-17,19-24,26-31,36,38,40-44H,3-10,12-15H2,1-2H3/t17-,19+,20-,21+,22+,23-,24+,26+,27+,28-,29+,30-,31-,32-,33+,34+,35+/m1/s1. The molecule has 7 aliphatic rings. The molecular weight excluding hydrogens is 644 g/mol. The summed E-state index contributed by atoms with van der Waals surface area (Å²) in [6, 6.07) is 0. The fraction of sp³-hybridized carbons (Fsp3) is 0.886. The van der Waals surface area contributed by atoms with Crippen LogP contribution in [0.1, 0.15) is 78.1 Å². The Morgan fingerprint density at radius 2 is 1.69 bits per heavy atom. The number of carbonyl (C=O) groups excluding carboxylic acids is 2. The Hall–Kier alpha value is -1.56. The van der Waals surface area contributed by atoms with E-state index in [4.69, 9.17) is 23.7 Å². The molecule has 276 valence electrons. The molecule has 4 saturated carbocycles. The highest BCUT2D eigenvalue weighted by Crippen LogP contribution is 2.70. The first-order valence-electron chi connectivity index (χ1n) is 17.9. The lowest BCUT2D eigenvalue weighted by atomic mass is 9.41. The van der Waals surface area contributed by atoms with Crippen LogP contribution in [0.25, 0.3) is 0 Å². The quantitative estimate of drug-likeness (QED) is 0.102. The van der Waals surface area contributed by atoms with Crippen molar-refractivity contribution in [2.24, 2.45) is 28.6 Å². The number of ether oxygens (including phenoxy) is 5. The SMILES string of the molecule is C[C@H]1O[C@@H](O[C@H]2CC[C@]3(C=O)[C@H]4CC[C@]5(C)[C@@H](C6=CC(=O)OC6)CC[C@]5(O)[C@H]4CC[C@]3(O)C2)C[C@@H](O)[C@@H]1O[C@H]1O[C@@H](CO)[C@H](O)[C@@H](O)[C@@H]1O. The average Bonchev–Trinajstić information content (AvgIpc) is 3.61. The molecule has 0 bridgehead atoms. The summed E-state index contributed by atoms with van der Waals surface area (Å²) in [6.45, 7) is 3.42. The number of esters is 1. The Balaban J connectivity index is 1.00. The summed E-state index contributed by atoms with van der Waals surface area (Å²) in [5.41, 5.74) is -2.94. The topological polar surface area (TPSA) is 222 Å². The zero-order valence-corrected chi connectivity index (χ0v) is 28.1. The van der Waals surface area contributed by atoms with Gasteiger partial charge in [0.2, 0.25) is 0 Å². The zero-order valence-electron chi connectivity index (χ0n) is 28.1. The Labute approximate surface area is 285 Å². The van der Waals surface area contributed by atoms with Gasteiger partial charge >= 0.3 is 5.97 Å². The Kier molecular flexibility index (Phi) is 9.38. The van der Waals surface area contributed by atoms with Crippen LogP contribution in [0.4, 0.5) is 0 Å². The minimum atomic E-state index is -1.62. The van der Waals surface area contributed by atoms with Crippen LogP contribution in [0.15, 0.2) is 11.6 Å². The van der Waals surface area contributed by atoms with Crippen molar-refractivity contribution in [1.29, 1.82) is 0 Å². The second kappa shape index (κ2) is 12.8. The third-order valence-electron chi connectivity index (χ3n) is 14.0. The predicted molar refractivity (Wildman–Crippen MR) is 166 cm³/mol. The van der Waals surface area contributed by atoms with Crippen LogP contribution in [0.3, 0.4) is 0 Å². The number of aldehydes is 1. The summed E-state index contributed by atoms with van der Waals surface area (Å²) < 4.78 is 28.9. The van der Waals surface area contributed by atoms with E-state index in [0.29, 0.717) is 44.9 Å². The molecule has 49 heavy (non-hydrogen) atoms. The molecule has 6 fully saturated rings. The lowest BCUT2D eigenvalue weighted by Gasteiger charge is -2.65. The highest BCUT2D eigenvalue weighted by Gasteiger charge is 2.71. The second-order valence-corrected chi connectivity index (χ2v) is 16.1. The minimum Gasteiger partial charge on any atom is -0.458 e. The van der Waals surface area contributed by atoms with Crippen molar-refractivity contribution in [3.63, 3.8) is 0 Å². The highest BCUT2D eigenvalue weighted by molar-refractivity contribution is 5.85. The van der Waals surface area contributed by atoms with Crippen LogP contribution in [0, 0.1) is 28.6 Å². The molecule has 4 aliphatic carbocycles. The number of hydrogen-bond acceptors (Lipinski definition) is 14. The normalized spacial score (nSPS) is 54.3. The molecule has 0 spiro atoms. The Morgan fingerprint density at radius 1 is 0.939 bits per heavy atom. The monoisotopic (exact) mass is 696 g/mol. The van der Waals surface area contributed by atoms with Gasteiger partial charge in [0.25, 0.3) is 0 Å². The summed E-state index contributed by atoms with van der Waals surface area (Å²) in [5.74, 6) is -0.688. The van der Waals surface area contributed by atoms with E-state index in [2.05, 4.69) is 6.92 Å². The largest absolute Gasteiger partial charge is 0.458 e. The van der Waals surface area contributed by atoms with Crippen LogP contribution in [-0.4, -0.2) is 134 Å². The van der Waals surface area contributed by atoms with Crippen molar-refractivity contribution in [3.05, 3.63) is 11.6 Å². The molecule has 0 aromatic rings. The molecule has 0 unspecified atom stereocenters. The first-order valence-corrected chi connectivity index (χ1v) is 17.9. The highest BCUT2D eigenvalue weighted by atomic mass is 16.7. The first-order chi connectivity index (χ1) is 23.2. The fourth-order valence-corrected chi connectivity index (χ4v) is 11.3. The van der Waals surface area contributed by atoms with E-state index < -0.39 is 90.1 Å². The van der Waals surface area contributed by atoms with Gasteiger partial charge < -0.3 is 64.2 Å². The summed E-state index contributed by atoms with van der Waals surface area (Å²) in [5, 5.41) is 75.9. The first kappa shape index (κ1) is 35.8. The molecule has 3 heterocycles. The molecule has 14 nitrogen and oxygen atoms in total. The van der Waals surface area contributed by atoms with Crippen molar-refractivity contribution in [2.45, 2.75) is 151 Å². The van der Waals surface area contributed by atoms with Crippen LogP contribution in [-0.2, 0) is 33.3 Å². The van der Waals surface area contributed by atoms with E-state index in [1.807, 2.05) is 0 Å². The smallest absolute Gasteiger partial charge is 0.331 e. The maximum atomic E-state index is 13.2. The molecule has 17 atom stereocenters. The molecule has 2 saturated heterocycles. The van der Waals surface area contributed by atoms with E-state index in [1.54, 1.807) is 13.0 Å². The van der Waals surface area contributed by atoms with Gasteiger partial charge in [0.05, 0.1) is 41.5 Å². The second-order valence-electron chi connectivity index (χ2n) is 16.1. The van der Waals surface area contributed by atoms with E-state index in [1.165, 1.54) is 0 Å². The van der Waals surface area contributed by atoms with Gasteiger partial charge in [0.15, 0.2) is 12.6 Å². The van der Waals surface area contributed by atoms with Crippen molar-refractivity contribution in [3.8, 4) is 0 Å². The van der Waals surface area contributed by atoms with Gasteiger partial charge in [0, 0.05) is 24.3 Å². The lowest BCUT2D eigenvalue weighted by Crippen LogP contribution is -2.69. The summed E-state index contributed by atoms with van der Waals surface area (Å²) in [6.07, 6.45) is -4.38. The number of rotatable bonds is 7. The van der Waals surface area contributed by atoms with Gasteiger partial charge in [-0.15, -0.1) is 0 Å². The molecule has 3 aliphatic heterocycles. The number of aliphatic hydroxyl groups excluding tert-OH is 5. The van der Waals surface area contributed by atoms with Crippen LogP contribution >= 0.6 is 0 Å². The van der Waals surface area contributed by atoms with E-state index in [0.717, 1.165) is 18.3 Å². The van der Waals surface area contributed by atoms with Crippen molar-refractivity contribution in [2.75, 3.05) is 13.2 Å². The van der Waals surface area contributed by atoms with Crippen molar-refractivity contribution >= 4 is 12.3 Å². The molecule has 0 radical (unpaired) electrons. The Bertz CT molecular complexity index is 1300. The van der Waals surface area contributed by atoms with Gasteiger partial charge in [-0.1, -0.05) is 6.92 Å². The van der Waals surface area contributed by atoms with Crippen LogP contribution in [0.5, 0.6) is 0 Å². The molecule has 0 aromatic carbocycles. The van der Waals surface area contributed by atoms with Gasteiger partial charge in [-0.05, 0) is 81.6 Å². The van der Waals surface area contributed by atoms with Crippen LogP contribution < -0.4 is 0 Å². The maximum Gasteiger partial charge on any atom is 0.331 e. The van der Waals surface area contributed by atoms with Crippen molar-refractivity contribution in [1.82, 2.24) is 0 Å². The Morgan fingerprint density at radius 3 is 2.37 bits per heavy atom. The number of fused-ring (bicyclic) bond motifs is 5. The maximum absolute atomic E-state index is 13.2.